The van der Waals surface area contributed by atoms with Crippen molar-refractivity contribution in [2.45, 2.75) is 43.5 Å². The number of hydrogen-bond acceptors (Lipinski definition) is 22. The average molecular weight is 917 g/mol. The fourth-order valence-electron chi connectivity index (χ4n) is 7.11. The van der Waals surface area contributed by atoms with Crippen LogP contribution in [-0.2, 0) is 30.2 Å². The van der Waals surface area contributed by atoms with Crippen molar-refractivity contribution in [3.05, 3.63) is 94.6 Å². The first-order chi connectivity index (χ1) is 31.2. The zero-order valence-electron chi connectivity index (χ0n) is 33.4. The summed E-state index contributed by atoms with van der Waals surface area (Å²) in [4.78, 5) is 54.4. The van der Waals surface area contributed by atoms with Crippen molar-refractivity contribution in [2.75, 3.05) is 6.61 Å². The van der Waals surface area contributed by atoms with Crippen LogP contribution in [0, 0.1) is 0 Å². The molecule has 0 saturated carbocycles. The molecule has 7 rings (SSSR count). The van der Waals surface area contributed by atoms with E-state index >= 15 is 0 Å². The molecule has 22 nitrogen and oxygen atoms in total. The summed E-state index contributed by atoms with van der Waals surface area (Å²) in [5.41, 5.74) is -3.65. The molecule has 344 valence electrons. The standard InChI is InChI=1S/C44H36O22/c45-21-5-1-16(9-24(21)48)3-7-23(47)34-26(50)11-18(12-27(34)51)63-44-39(59)41(65-31(54)8-4-17-2-6-22(46)25(49)10-17)40-30(64-44)15-62-42(60)19-13-28(52)35(55)37(57)32(19)33-20(43(61)66-40)14-29(53)36(56)38(33)58/h1-2,4-6,8-14,30,39-41,44-46,48-53,55-59H,3,7,15H2. The molecule has 0 radical (unpaired) electrons. The third-order valence-corrected chi connectivity index (χ3v) is 10.4. The van der Waals surface area contributed by atoms with E-state index in [1.807, 2.05) is 0 Å². The van der Waals surface area contributed by atoms with Crippen molar-refractivity contribution in [1.82, 2.24) is 0 Å². The van der Waals surface area contributed by atoms with Gasteiger partial charge in [-0.25, -0.2) is 14.4 Å². The predicted molar refractivity (Wildman–Crippen MR) is 218 cm³/mol. The Labute approximate surface area is 369 Å². The lowest BCUT2D eigenvalue weighted by Crippen LogP contribution is -2.62. The van der Waals surface area contributed by atoms with Crippen LogP contribution in [0.1, 0.15) is 48.6 Å². The van der Waals surface area contributed by atoms with Gasteiger partial charge in [0, 0.05) is 35.8 Å². The molecule has 66 heavy (non-hydrogen) atoms. The first-order valence-corrected chi connectivity index (χ1v) is 19.2. The number of ketones is 1. The Morgan fingerprint density at radius 1 is 0.652 bits per heavy atom. The first kappa shape index (κ1) is 45.3. The first-order valence-electron chi connectivity index (χ1n) is 19.2. The summed E-state index contributed by atoms with van der Waals surface area (Å²) < 4.78 is 28.2. The van der Waals surface area contributed by atoms with Gasteiger partial charge < -0.3 is 90.1 Å². The third-order valence-electron chi connectivity index (χ3n) is 10.4. The van der Waals surface area contributed by atoms with E-state index in [4.69, 9.17) is 23.7 Å². The molecular weight excluding hydrogens is 880 g/mol. The van der Waals surface area contributed by atoms with Crippen LogP contribution in [0.25, 0.3) is 17.2 Å². The number of carbonyl (C=O) groups is 4. The summed E-state index contributed by atoms with van der Waals surface area (Å²) >= 11 is 0. The monoisotopic (exact) mass is 916 g/mol. The minimum atomic E-state index is -2.24. The molecule has 0 amide bonds. The Bertz CT molecular complexity index is 2810. The van der Waals surface area contributed by atoms with Crippen LogP contribution >= 0.6 is 0 Å². The van der Waals surface area contributed by atoms with Crippen molar-refractivity contribution in [1.29, 1.82) is 0 Å². The maximum Gasteiger partial charge on any atom is 0.339 e. The smallest absolute Gasteiger partial charge is 0.339 e. The lowest BCUT2D eigenvalue weighted by molar-refractivity contribution is -0.279. The zero-order chi connectivity index (χ0) is 47.9. The number of aromatic hydroxyl groups is 12. The van der Waals surface area contributed by atoms with Gasteiger partial charge in [0.15, 0.2) is 70.1 Å². The fraction of sp³-hybridized carbons (Fsp3) is 0.182. The number of esters is 3. The Morgan fingerprint density at radius 3 is 1.82 bits per heavy atom. The number of Topliss-reactive ketones (excluding diaryl/α,β-unsaturated/α-hetero) is 1. The van der Waals surface area contributed by atoms with Crippen molar-refractivity contribution < 1.29 is 109 Å². The number of phenolic OH excluding ortho intramolecular Hbond substituents is 12. The van der Waals surface area contributed by atoms with Gasteiger partial charge >= 0.3 is 17.9 Å². The summed E-state index contributed by atoms with van der Waals surface area (Å²) in [6.45, 7) is -1.02. The Balaban J connectivity index is 1.25. The fourth-order valence-corrected chi connectivity index (χ4v) is 7.11. The molecule has 0 aromatic heterocycles. The average Bonchev–Trinajstić information content (AvgIpc) is 3.28. The summed E-state index contributed by atoms with van der Waals surface area (Å²) in [6.07, 6.45) is -8.74. The Hall–Kier alpha value is -8.76. The Kier molecular flexibility index (Phi) is 12.2. The third kappa shape index (κ3) is 8.76. The van der Waals surface area contributed by atoms with E-state index in [2.05, 4.69) is 0 Å². The number of carbonyl (C=O) groups excluding carboxylic acids is 4. The van der Waals surface area contributed by atoms with Gasteiger partial charge in [0.2, 0.25) is 17.8 Å². The minimum absolute atomic E-state index is 0.00306. The molecule has 0 aliphatic carbocycles. The van der Waals surface area contributed by atoms with Gasteiger partial charge in [0.05, 0.1) is 11.1 Å². The van der Waals surface area contributed by atoms with Crippen LogP contribution in [0.15, 0.2) is 66.7 Å². The van der Waals surface area contributed by atoms with Gasteiger partial charge in [-0.3, -0.25) is 4.79 Å². The van der Waals surface area contributed by atoms with E-state index < -0.39 is 164 Å². The van der Waals surface area contributed by atoms with E-state index in [1.54, 1.807) is 0 Å². The highest BCUT2D eigenvalue weighted by atomic mass is 16.7. The summed E-state index contributed by atoms with van der Waals surface area (Å²) in [5.74, 6) is -16.6. The number of hydrogen-bond donors (Lipinski definition) is 13. The quantitative estimate of drug-likeness (QED) is 0.0332. The van der Waals surface area contributed by atoms with Gasteiger partial charge in [-0.2, -0.15) is 0 Å². The number of rotatable bonds is 9. The highest BCUT2D eigenvalue weighted by molar-refractivity contribution is 6.08. The van der Waals surface area contributed by atoms with Crippen molar-refractivity contribution in [3.63, 3.8) is 0 Å². The highest BCUT2D eigenvalue weighted by Gasteiger charge is 2.52. The number of phenols is 12. The number of aliphatic hydroxyl groups is 1. The molecule has 5 aromatic carbocycles. The number of fused-ring (bicyclic) bond motifs is 4. The number of aliphatic hydroxyl groups excluding tert-OH is 1. The maximum absolute atomic E-state index is 14.1. The molecule has 13 N–H and O–H groups in total. The molecule has 5 aromatic rings. The van der Waals surface area contributed by atoms with Crippen LogP contribution in [0.2, 0.25) is 0 Å². The van der Waals surface area contributed by atoms with Crippen LogP contribution in [0.5, 0.6) is 74.7 Å². The number of benzene rings is 5. The minimum Gasteiger partial charge on any atom is -0.507 e. The Morgan fingerprint density at radius 2 is 1.23 bits per heavy atom. The van der Waals surface area contributed by atoms with Crippen LogP contribution in [0.4, 0.5) is 0 Å². The van der Waals surface area contributed by atoms with Crippen LogP contribution in [0.3, 0.4) is 0 Å². The molecule has 1 saturated heterocycles. The van der Waals surface area contributed by atoms with Crippen molar-refractivity contribution in [2.24, 2.45) is 0 Å². The molecule has 0 bridgehead atoms. The predicted octanol–water partition coefficient (Wildman–Crippen LogP) is 3.12. The second-order valence-electron chi connectivity index (χ2n) is 14.7. The van der Waals surface area contributed by atoms with Gasteiger partial charge in [0.1, 0.15) is 35.5 Å². The van der Waals surface area contributed by atoms with Gasteiger partial charge in [-0.15, -0.1) is 0 Å². The molecule has 0 spiro atoms. The molecule has 5 unspecified atom stereocenters. The normalized spacial score (nSPS) is 19.3. The lowest BCUT2D eigenvalue weighted by atomic mass is 9.92. The van der Waals surface area contributed by atoms with Crippen molar-refractivity contribution >= 4 is 29.8 Å². The van der Waals surface area contributed by atoms with E-state index in [-0.39, 0.29) is 18.4 Å². The van der Waals surface area contributed by atoms with Crippen molar-refractivity contribution in [3.8, 4) is 85.9 Å². The second-order valence-corrected chi connectivity index (χ2v) is 14.7. The summed E-state index contributed by atoms with van der Waals surface area (Å²) in [5, 5.41) is 136. The van der Waals surface area contributed by atoms with Gasteiger partial charge in [-0.05, 0) is 60.0 Å². The highest BCUT2D eigenvalue weighted by Crippen LogP contribution is 2.53. The molecule has 2 aliphatic rings. The van der Waals surface area contributed by atoms with Crippen LogP contribution in [-0.4, -0.2) is 127 Å². The molecule has 2 heterocycles. The molecule has 22 heteroatoms. The lowest BCUT2D eigenvalue weighted by Gasteiger charge is -2.42. The summed E-state index contributed by atoms with van der Waals surface area (Å²) in [7, 11) is 0. The second kappa shape index (κ2) is 17.8. The van der Waals surface area contributed by atoms with E-state index in [1.165, 1.54) is 24.3 Å². The van der Waals surface area contributed by atoms with E-state index in [0.29, 0.717) is 17.7 Å². The SMILES string of the molecule is O=C(C=Cc1ccc(O)c(O)c1)OC1C(O)C(Oc2cc(O)c(C(=O)CCc3ccc(O)c(O)c3)c(O)c2)OC2COC(=O)c3cc(O)c(O)c(O)c3-c3c(cc(O)c(O)c3O)C(=O)OC21. The van der Waals surface area contributed by atoms with Gasteiger partial charge in [0.25, 0.3) is 0 Å². The van der Waals surface area contributed by atoms with Crippen LogP contribution < -0.4 is 4.74 Å². The number of aryl methyl sites for hydroxylation is 1. The van der Waals surface area contributed by atoms with Gasteiger partial charge in [-0.1, -0.05) is 12.1 Å². The number of cyclic esters (lactones) is 1. The number of ether oxygens (including phenoxy) is 5. The summed E-state index contributed by atoms with van der Waals surface area (Å²) in [6, 6.07) is 10.1. The molecule has 1 fully saturated rings. The molecule has 2 aliphatic heterocycles. The van der Waals surface area contributed by atoms with E-state index in [0.717, 1.165) is 36.4 Å². The zero-order valence-corrected chi connectivity index (χ0v) is 33.4. The maximum atomic E-state index is 14.1. The molecular formula is C44H36O22. The van der Waals surface area contributed by atoms with E-state index in [9.17, 15) is 85.6 Å². The largest absolute Gasteiger partial charge is 0.507 e. The topological polar surface area (TPSA) is 377 Å². The molecule has 5 atom stereocenters.